The molecule has 0 amide bonds. The van der Waals surface area contributed by atoms with Crippen LogP contribution in [0.1, 0.15) is 49.8 Å². The average Bonchev–Trinajstić information content (AvgIpc) is 2.01. The fraction of sp³-hybridized carbons (Fsp3) is 0.818. The molecule has 0 aromatic carbocycles. The SMILES string of the molecule is CCCCC(C(=O)O)(C(=O)O)C(C)(C)C.[H-].[H-].[K+].[Na+]. The van der Waals surface area contributed by atoms with Gasteiger partial charge in [-0.2, -0.15) is 0 Å². The summed E-state index contributed by atoms with van der Waals surface area (Å²) in [6.45, 7) is 6.89. The molecule has 0 fully saturated rings. The van der Waals surface area contributed by atoms with Crippen LogP contribution in [0.2, 0.25) is 0 Å². The van der Waals surface area contributed by atoms with Gasteiger partial charge in [0.15, 0.2) is 5.41 Å². The number of rotatable bonds is 5. The molecule has 2 N–H and O–H groups in total. The molecule has 0 saturated heterocycles. The van der Waals surface area contributed by atoms with Crippen LogP contribution in [0.15, 0.2) is 0 Å². The molecule has 0 aromatic rings. The van der Waals surface area contributed by atoms with Crippen LogP contribution >= 0.6 is 0 Å². The van der Waals surface area contributed by atoms with Gasteiger partial charge in [-0.1, -0.05) is 40.5 Å². The van der Waals surface area contributed by atoms with Crippen LogP contribution in [-0.4, -0.2) is 22.2 Å². The van der Waals surface area contributed by atoms with Gasteiger partial charge < -0.3 is 13.1 Å². The summed E-state index contributed by atoms with van der Waals surface area (Å²) < 4.78 is 0. The summed E-state index contributed by atoms with van der Waals surface area (Å²) in [4.78, 5) is 22.5. The van der Waals surface area contributed by atoms with E-state index in [9.17, 15) is 19.8 Å². The van der Waals surface area contributed by atoms with Gasteiger partial charge in [0.2, 0.25) is 0 Å². The standard InChI is InChI=1S/C11H20O4.K.Na.2H/c1-5-6-7-11(8(12)13,9(14)15)10(2,3)4;;;;/h5-7H2,1-4H3,(H,12,13)(H,14,15);;;;/q;2*+1;2*-1. The molecule has 0 unspecified atom stereocenters. The van der Waals surface area contributed by atoms with Gasteiger partial charge in [-0.15, -0.1) is 0 Å². The van der Waals surface area contributed by atoms with Gasteiger partial charge in [0.05, 0.1) is 0 Å². The average molecular weight is 280 g/mol. The van der Waals surface area contributed by atoms with Crippen molar-refractivity contribution in [2.75, 3.05) is 0 Å². The van der Waals surface area contributed by atoms with E-state index in [0.717, 1.165) is 6.42 Å². The first-order chi connectivity index (χ1) is 6.70. The number of aliphatic carboxylic acids is 2. The van der Waals surface area contributed by atoms with E-state index in [1.807, 2.05) is 6.92 Å². The Balaban J connectivity index is -0.000000163. The predicted molar refractivity (Wildman–Crippen MR) is 58.9 cm³/mol. The first-order valence-electron chi connectivity index (χ1n) is 5.17. The summed E-state index contributed by atoms with van der Waals surface area (Å²) in [6, 6.07) is 0. The molecule has 0 aliphatic heterocycles. The van der Waals surface area contributed by atoms with Gasteiger partial charge in [-0.25, -0.2) is 0 Å². The summed E-state index contributed by atoms with van der Waals surface area (Å²) in [5.41, 5.74) is -2.47. The van der Waals surface area contributed by atoms with Crippen LogP contribution in [0.25, 0.3) is 0 Å². The first-order valence-corrected chi connectivity index (χ1v) is 5.17. The normalized spacial score (nSPS) is 11.1. The van der Waals surface area contributed by atoms with Gasteiger partial charge in [0.25, 0.3) is 0 Å². The number of carbonyl (C=O) groups is 2. The fourth-order valence-corrected chi connectivity index (χ4v) is 1.76. The molecule has 4 nitrogen and oxygen atoms in total. The van der Waals surface area contributed by atoms with Crippen LogP contribution < -0.4 is 80.9 Å². The van der Waals surface area contributed by atoms with Crippen molar-refractivity contribution in [2.24, 2.45) is 10.8 Å². The van der Waals surface area contributed by atoms with E-state index in [1.54, 1.807) is 20.8 Å². The minimum Gasteiger partial charge on any atom is -1.00 e. The second-order valence-corrected chi connectivity index (χ2v) is 4.87. The van der Waals surface area contributed by atoms with Crippen LogP contribution in [0, 0.1) is 10.8 Å². The third kappa shape index (κ3) is 5.61. The van der Waals surface area contributed by atoms with E-state index in [2.05, 4.69) is 0 Å². The fourth-order valence-electron chi connectivity index (χ4n) is 1.76. The molecule has 0 heterocycles. The molecule has 0 spiro atoms. The molecule has 0 radical (unpaired) electrons. The van der Waals surface area contributed by atoms with Crippen molar-refractivity contribution >= 4 is 11.9 Å². The van der Waals surface area contributed by atoms with Crippen molar-refractivity contribution < 1.29 is 104 Å². The Labute approximate surface area is 171 Å². The molecule has 0 aromatic heterocycles. The summed E-state index contributed by atoms with van der Waals surface area (Å²) >= 11 is 0. The summed E-state index contributed by atoms with van der Waals surface area (Å²) in [7, 11) is 0. The molecule has 17 heavy (non-hydrogen) atoms. The Bertz CT molecular complexity index is 256. The largest absolute Gasteiger partial charge is 1.00 e. The molecule has 0 rings (SSSR count). The van der Waals surface area contributed by atoms with Gasteiger partial charge in [-0.05, 0) is 11.8 Å². The molecule has 0 atom stereocenters. The number of hydrogen-bond donors (Lipinski definition) is 2. The minimum atomic E-state index is -1.68. The van der Waals surface area contributed by atoms with Crippen LogP contribution in [-0.2, 0) is 9.59 Å². The van der Waals surface area contributed by atoms with Crippen molar-refractivity contribution in [1.82, 2.24) is 0 Å². The van der Waals surface area contributed by atoms with Gasteiger partial charge in [-0.3, -0.25) is 9.59 Å². The van der Waals surface area contributed by atoms with E-state index in [-0.39, 0.29) is 90.2 Å². The topological polar surface area (TPSA) is 74.6 Å². The molecule has 6 heteroatoms. The number of carboxylic acids is 2. The van der Waals surface area contributed by atoms with Crippen molar-refractivity contribution in [2.45, 2.75) is 47.0 Å². The van der Waals surface area contributed by atoms with E-state index < -0.39 is 22.8 Å². The van der Waals surface area contributed by atoms with E-state index in [4.69, 9.17) is 0 Å². The Morgan fingerprint density at radius 1 is 1.12 bits per heavy atom. The molecule has 0 bridgehead atoms. The van der Waals surface area contributed by atoms with Crippen molar-refractivity contribution in [3.63, 3.8) is 0 Å². The first kappa shape index (κ1) is 23.7. The van der Waals surface area contributed by atoms with E-state index in [0.29, 0.717) is 6.42 Å². The maximum atomic E-state index is 11.2. The molecular formula is C11H22KNaO4. The molecular weight excluding hydrogens is 258 g/mol. The van der Waals surface area contributed by atoms with Crippen LogP contribution in [0.3, 0.4) is 0 Å². The third-order valence-corrected chi connectivity index (χ3v) is 2.92. The summed E-state index contributed by atoms with van der Waals surface area (Å²) in [5.74, 6) is -2.48. The number of unbranched alkanes of at least 4 members (excludes halogenated alkanes) is 1. The smallest absolute Gasteiger partial charge is 1.00 e. The third-order valence-electron chi connectivity index (χ3n) is 2.92. The molecule has 0 aliphatic rings. The van der Waals surface area contributed by atoms with Crippen molar-refractivity contribution in [3.8, 4) is 0 Å². The molecule has 0 aliphatic carbocycles. The predicted octanol–water partition coefficient (Wildman–Crippen LogP) is -3.39. The van der Waals surface area contributed by atoms with E-state index in [1.165, 1.54) is 0 Å². The van der Waals surface area contributed by atoms with Gasteiger partial charge >= 0.3 is 92.9 Å². The Morgan fingerprint density at radius 2 is 1.47 bits per heavy atom. The van der Waals surface area contributed by atoms with Crippen LogP contribution in [0.4, 0.5) is 0 Å². The quantitative estimate of drug-likeness (QED) is 0.407. The maximum Gasteiger partial charge on any atom is 1.00 e. The second-order valence-electron chi connectivity index (χ2n) is 4.87. The maximum absolute atomic E-state index is 11.2. The Kier molecular flexibility index (Phi) is 13.2. The Hall–Kier alpha value is 1.58. The minimum absolute atomic E-state index is 0. The second kappa shape index (κ2) is 9.48. The zero-order valence-corrected chi connectivity index (χ0v) is 17.0. The zero-order chi connectivity index (χ0) is 12.3. The zero-order valence-electron chi connectivity index (χ0n) is 13.8. The number of carboxylic acid groups (broad SMARTS) is 2. The van der Waals surface area contributed by atoms with E-state index >= 15 is 0 Å². The Morgan fingerprint density at radius 3 is 1.65 bits per heavy atom. The van der Waals surface area contributed by atoms with Crippen molar-refractivity contribution in [1.29, 1.82) is 0 Å². The van der Waals surface area contributed by atoms with Crippen molar-refractivity contribution in [3.05, 3.63) is 0 Å². The molecule has 92 valence electrons. The summed E-state index contributed by atoms with van der Waals surface area (Å²) in [6.07, 6.45) is 1.58. The van der Waals surface area contributed by atoms with Crippen LogP contribution in [0.5, 0.6) is 0 Å². The summed E-state index contributed by atoms with van der Waals surface area (Å²) in [5, 5.41) is 18.4. The number of hydrogen-bond acceptors (Lipinski definition) is 2. The monoisotopic (exact) mass is 280 g/mol. The molecule has 0 saturated carbocycles. The van der Waals surface area contributed by atoms with Gasteiger partial charge in [0, 0.05) is 0 Å². The van der Waals surface area contributed by atoms with Gasteiger partial charge in [0.1, 0.15) is 0 Å².